The van der Waals surface area contributed by atoms with E-state index in [4.69, 9.17) is 5.73 Å². The zero-order valence-electron chi connectivity index (χ0n) is 11.0. The van der Waals surface area contributed by atoms with E-state index in [9.17, 15) is 14.0 Å². The van der Waals surface area contributed by atoms with Gasteiger partial charge in [0.05, 0.1) is 11.7 Å². The molecule has 0 saturated carbocycles. The van der Waals surface area contributed by atoms with E-state index in [2.05, 4.69) is 10.6 Å². The molecule has 0 spiro atoms. The van der Waals surface area contributed by atoms with Gasteiger partial charge in [-0.05, 0) is 24.6 Å². The number of hydrogen-bond donors (Lipinski definition) is 3. The van der Waals surface area contributed by atoms with Crippen molar-refractivity contribution in [3.63, 3.8) is 0 Å². The first-order chi connectivity index (χ1) is 8.93. The van der Waals surface area contributed by atoms with Gasteiger partial charge in [-0.15, -0.1) is 0 Å². The average molecular weight is 267 g/mol. The Hall–Kier alpha value is -1.95. The maximum absolute atomic E-state index is 13.4. The minimum absolute atomic E-state index is 0.0226. The SMILES string of the molecule is CCC[C@@H](N)C(=O)Nc1ccc(F)c(NC(C)=O)c1. The highest BCUT2D eigenvalue weighted by molar-refractivity contribution is 5.96. The summed E-state index contributed by atoms with van der Waals surface area (Å²) in [5.41, 5.74) is 6.08. The monoisotopic (exact) mass is 267 g/mol. The van der Waals surface area contributed by atoms with Crippen molar-refractivity contribution in [1.29, 1.82) is 0 Å². The summed E-state index contributed by atoms with van der Waals surface area (Å²) < 4.78 is 13.4. The van der Waals surface area contributed by atoms with E-state index >= 15 is 0 Å². The molecule has 0 aliphatic rings. The summed E-state index contributed by atoms with van der Waals surface area (Å²) >= 11 is 0. The Morgan fingerprint density at radius 1 is 1.37 bits per heavy atom. The molecule has 19 heavy (non-hydrogen) atoms. The van der Waals surface area contributed by atoms with Crippen molar-refractivity contribution in [2.24, 2.45) is 5.73 Å². The molecule has 1 rings (SSSR count). The second kappa shape index (κ2) is 6.84. The molecule has 2 amide bonds. The number of anilines is 2. The van der Waals surface area contributed by atoms with Gasteiger partial charge in [-0.1, -0.05) is 13.3 Å². The number of nitrogens with two attached hydrogens (primary N) is 1. The van der Waals surface area contributed by atoms with Crippen LogP contribution < -0.4 is 16.4 Å². The molecule has 0 unspecified atom stereocenters. The maximum atomic E-state index is 13.4. The molecule has 1 aromatic rings. The van der Waals surface area contributed by atoms with Crippen molar-refractivity contribution in [1.82, 2.24) is 0 Å². The number of nitrogens with one attached hydrogen (secondary N) is 2. The Bertz CT molecular complexity index is 477. The molecule has 0 heterocycles. The van der Waals surface area contributed by atoms with E-state index in [1.807, 2.05) is 6.92 Å². The number of hydrogen-bond acceptors (Lipinski definition) is 3. The van der Waals surface area contributed by atoms with Gasteiger partial charge in [0.15, 0.2) is 0 Å². The third-order valence-electron chi connectivity index (χ3n) is 2.48. The lowest BCUT2D eigenvalue weighted by molar-refractivity contribution is -0.117. The molecule has 1 atom stereocenters. The summed E-state index contributed by atoms with van der Waals surface area (Å²) in [6, 6.07) is 3.34. The molecule has 5 nitrogen and oxygen atoms in total. The largest absolute Gasteiger partial charge is 0.325 e. The summed E-state index contributed by atoms with van der Waals surface area (Å²) in [6.07, 6.45) is 1.38. The number of rotatable bonds is 5. The average Bonchev–Trinajstić information content (AvgIpc) is 2.33. The normalized spacial score (nSPS) is 11.8. The van der Waals surface area contributed by atoms with E-state index in [1.54, 1.807) is 0 Å². The lowest BCUT2D eigenvalue weighted by Gasteiger charge is -2.12. The molecular formula is C13H18FN3O2. The fourth-order valence-corrected chi connectivity index (χ4v) is 1.57. The zero-order valence-corrected chi connectivity index (χ0v) is 11.0. The molecule has 0 aromatic heterocycles. The summed E-state index contributed by atoms with van der Waals surface area (Å²) in [5.74, 6) is -1.28. The number of carbonyl (C=O) groups excluding carboxylic acids is 2. The van der Waals surface area contributed by atoms with Crippen LogP contribution in [-0.2, 0) is 9.59 Å². The van der Waals surface area contributed by atoms with Crippen LogP contribution in [-0.4, -0.2) is 17.9 Å². The topological polar surface area (TPSA) is 84.2 Å². The smallest absolute Gasteiger partial charge is 0.241 e. The molecular weight excluding hydrogens is 249 g/mol. The Labute approximate surface area is 111 Å². The first kappa shape index (κ1) is 15.1. The second-order valence-corrected chi connectivity index (χ2v) is 4.26. The van der Waals surface area contributed by atoms with Crippen LogP contribution in [0.15, 0.2) is 18.2 Å². The Morgan fingerprint density at radius 3 is 2.63 bits per heavy atom. The molecule has 4 N–H and O–H groups in total. The molecule has 0 saturated heterocycles. The molecule has 0 aliphatic carbocycles. The van der Waals surface area contributed by atoms with Crippen LogP contribution in [0.25, 0.3) is 0 Å². The van der Waals surface area contributed by atoms with Gasteiger partial charge < -0.3 is 16.4 Å². The van der Waals surface area contributed by atoms with Crippen molar-refractivity contribution < 1.29 is 14.0 Å². The van der Waals surface area contributed by atoms with Crippen molar-refractivity contribution in [2.45, 2.75) is 32.7 Å². The van der Waals surface area contributed by atoms with Crippen molar-refractivity contribution in [3.8, 4) is 0 Å². The fraction of sp³-hybridized carbons (Fsp3) is 0.385. The van der Waals surface area contributed by atoms with Gasteiger partial charge in [0.2, 0.25) is 11.8 Å². The molecule has 1 aromatic carbocycles. The van der Waals surface area contributed by atoms with Crippen LogP contribution >= 0.6 is 0 Å². The highest BCUT2D eigenvalue weighted by atomic mass is 19.1. The summed E-state index contributed by atoms with van der Waals surface area (Å²) in [4.78, 5) is 22.6. The lowest BCUT2D eigenvalue weighted by atomic mass is 10.1. The molecule has 0 radical (unpaired) electrons. The van der Waals surface area contributed by atoms with Crippen LogP contribution in [0.4, 0.5) is 15.8 Å². The Kier molecular flexibility index (Phi) is 5.44. The quantitative estimate of drug-likeness (QED) is 0.761. The van der Waals surface area contributed by atoms with E-state index in [1.165, 1.54) is 25.1 Å². The predicted molar refractivity (Wildman–Crippen MR) is 72.2 cm³/mol. The van der Waals surface area contributed by atoms with Gasteiger partial charge in [-0.2, -0.15) is 0 Å². The third kappa shape index (κ3) is 4.67. The first-order valence-electron chi connectivity index (χ1n) is 6.07. The number of halogens is 1. The van der Waals surface area contributed by atoms with Crippen LogP contribution in [0, 0.1) is 5.82 Å². The molecule has 0 aliphatic heterocycles. The van der Waals surface area contributed by atoms with E-state index in [0.717, 1.165) is 6.42 Å². The molecule has 6 heteroatoms. The highest BCUT2D eigenvalue weighted by Gasteiger charge is 2.13. The number of carbonyl (C=O) groups is 2. The van der Waals surface area contributed by atoms with E-state index in [0.29, 0.717) is 12.1 Å². The maximum Gasteiger partial charge on any atom is 0.241 e. The van der Waals surface area contributed by atoms with Gasteiger partial charge in [0, 0.05) is 12.6 Å². The Morgan fingerprint density at radius 2 is 2.05 bits per heavy atom. The Balaban J connectivity index is 2.79. The van der Waals surface area contributed by atoms with Crippen LogP contribution in [0.1, 0.15) is 26.7 Å². The molecule has 0 fully saturated rings. The molecule has 0 bridgehead atoms. The third-order valence-corrected chi connectivity index (χ3v) is 2.48. The van der Waals surface area contributed by atoms with Gasteiger partial charge >= 0.3 is 0 Å². The van der Waals surface area contributed by atoms with E-state index in [-0.39, 0.29) is 17.5 Å². The minimum atomic E-state index is -0.598. The van der Waals surface area contributed by atoms with Crippen molar-refractivity contribution in [3.05, 3.63) is 24.0 Å². The van der Waals surface area contributed by atoms with Crippen LogP contribution in [0.5, 0.6) is 0 Å². The first-order valence-corrected chi connectivity index (χ1v) is 6.07. The second-order valence-electron chi connectivity index (χ2n) is 4.26. The number of benzene rings is 1. The summed E-state index contributed by atoms with van der Waals surface area (Å²) in [5, 5.41) is 4.93. The van der Waals surface area contributed by atoms with Crippen LogP contribution in [0.3, 0.4) is 0 Å². The van der Waals surface area contributed by atoms with Crippen LogP contribution in [0.2, 0.25) is 0 Å². The minimum Gasteiger partial charge on any atom is -0.325 e. The highest BCUT2D eigenvalue weighted by Crippen LogP contribution is 2.19. The fourth-order valence-electron chi connectivity index (χ4n) is 1.57. The predicted octanol–water partition coefficient (Wildman–Crippen LogP) is 1.85. The van der Waals surface area contributed by atoms with E-state index < -0.39 is 11.9 Å². The van der Waals surface area contributed by atoms with Crippen molar-refractivity contribution >= 4 is 23.2 Å². The van der Waals surface area contributed by atoms with Gasteiger partial charge in [-0.3, -0.25) is 9.59 Å². The zero-order chi connectivity index (χ0) is 14.4. The lowest BCUT2D eigenvalue weighted by Crippen LogP contribution is -2.35. The van der Waals surface area contributed by atoms with Gasteiger partial charge in [0.25, 0.3) is 0 Å². The number of amides is 2. The summed E-state index contributed by atoms with van der Waals surface area (Å²) in [7, 11) is 0. The van der Waals surface area contributed by atoms with Crippen molar-refractivity contribution in [2.75, 3.05) is 10.6 Å². The van der Waals surface area contributed by atoms with Gasteiger partial charge in [-0.25, -0.2) is 4.39 Å². The van der Waals surface area contributed by atoms with Gasteiger partial charge in [0.1, 0.15) is 5.82 Å². The summed E-state index contributed by atoms with van der Waals surface area (Å²) in [6.45, 7) is 3.21. The standard InChI is InChI=1S/C13H18FN3O2/c1-3-4-11(15)13(19)17-9-5-6-10(14)12(7-9)16-8(2)18/h5-7,11H,3-4,15H2,1-2H3,(H,16,18)(H,17,19)/t11-/m1/s1. The molecule has 104 valence electrons.